The largest absolute Gasteiger partial charge is 0.393 e. The molecule has 0 radical (unpaired) electrons. The maximum atomic E-state index is 15.5. The number of nitrogens with one attached hydrogen (secondary N) is 1. The first kappa shape index (κ1) is 24.7. The minimum absolute atomic E-state index is 0.114. The minimum atomic E-state index is -0.358. The molecule has 35 heavy (non-hydrogen) atoms. The van der Waals surface area contributed by atoms with Gasteiger partial charge in [-0.25, -0.2) is 14.4 Å². The number of carbonyl (C=O) groups excluding carboxylic acids is 1. The highest BCUT2D eigenvalue weighted by Gasteiger charge is 2.21. The maximum absolute atomic E-state index is 15.5. The van der Waals surface area contributed by atoms with E-state index < -0.39 is 0 Å². The van der Waals surface area contributed by atoms with Crippen LogP contribution in [0.4, 0.5) is 27.3 Å². The van der Waals surface area contributed by atoms with Crippen molar-refractivity contribution in [3.63, 3.8) is 0 Å². The fourth-order valence-electron chi connectivity index (χ4n) is 4.08. The fourth-order valence-corrected chi connectivity index (χ4v) is 4.22. The highest BCUT2D eigenvalue weighted by molar-refractivity contribution is 6.32. The first-order valence-corrected chi connectivity index (χ1v) is 11.7. The molecule has 1 saturated heterocycles. The molecular formula is C25H29ClFN7O. The second-order valence-corrected chi connectivity index (χ2v) is 9.18. The van der Waals surface area contributed by atoms with Crippen LogP contribution >= 0.6 is 11.6 Å². The SMILES string of the molecule is CN1CCCN(c2cc(F)c(-c3ccc(C(=O)N(C)C)cc3)cc2Nc2ncnc(Cl)c2N)CC1. The molecule has 0 spiro atoms. The Balaban J connectivity index is 1.77. The molecule has 1 aromatic heterocycles. The Bertz CT molecular complexity index is 1220. The van der Waals surface area contributed by atoms with E-state index >= 15 is 4.39 Å². The predicted molar refractivity (Wildman–Crippen MR) is 139 cm³/mol. The molecule has 2 heterocycles. The minimum Gasteiger partial charge on any atom is -0.393 e. The zero-order valence-electron chi connectivity index (χ0n) is 20.1. The Morgan fingerprint density at radius 2 is 1.86 bits per heavy atom. The Morgan fingerprint density at radius 3 is 2.57 bits per heavy atom. The van der Waals surface area contributed by atoms with E-state index in [0.717, 1.165) is 38.3 Å². The molecule has 0 bridgehead atoms. The second kappa shape index (κ2) is 10.5. The first-order chi connectivity index (χ1) is 16.7. The number of amides is 1. The zero-order valence-corrected chi connectivity index (χ0v) is 20.8. The zero-order chi connectivity index (χ0) is 25.1. The van der Waals surface area contributed by atoms with Gasteiger partial charge in [0.25, 0.3) is 5.91 Å². The van der Waals surface area contributed by atoms with Crippen molar-refractivity contribution in [2.24, 2.45) is 0 Å². The number of aromatic nitrogens is 2. The molecule has 1 aliphatic rings. The van der Waals surface area contributed by atoms with Crippen molar-refractivity contribution < 1.29 is 9.18 Å². The van der Waals surface area contributed by atoms with Gasteiger partial charge in [0.2, 0.25) is 0 Å². The van der Waals surface area contributed by atoms with Gasteiger partial charge in [-0.15, -0.1) is 0 Å². The molecule has 184 valence electrons. The summed E-state index contributed by atoms with van der Waals surface area (Å²) in [6, 6.07) is 10.2. The van der Waals surface area contributed by atoms with Crippen LogP contribution in [-0.2, 0) is 0 Å². The molecule has 10 heteroatoms. The normalized spacial score (nSPS) is 14.5. The highest BCUT2D eigenvalue weighted by atomic mass is 35.5. The Hall–Kier alpha value is -3.43. The monoisotopic (exact) mass is 497 g/mol. The average Bonchev–Trinajstić information content (AvgIpc) is 3.06. The molecule has 2 aromatic carbocycles. The van der Waals surface area contributed by atoms with Gasteiger partial charge >= 0.3 is 0 Å². The van der Waals surface area contributed by atoms with Crippen LogP contribution in [0.25, 0.3) is 11.1 Å². The highest BCUT2D eigenvalue weighted by Crippen LogP contribution is 2.37. The van der Waals surface area contributed by atoms with Gasteiger partial charge in [0.15, 0.2) is 11.0 Å². The Morgan fingerprint density at radius 1 is 1.11 bits per heavy atom. The lowest BCUT2D eigenvalue weighted by Gasteiger charge is -2.27. The molecule has 0 saturated carbocycles. The molecule has 1 amide bonds. The third-order valence-electron chi connectivity index (χ3n) is 6.08. The molecule has 3 aromatic rings. The fraction of sp³-hybridized carbons (Fsp3) is 0.320. The molecule has 8 nitrogen and oxygen atoms in total. The van der Waals surface area contributed by atoms with Crippen LogP contribution in [0.15, 0.2) is 42.7 Å². The lowest BCUT2D eigenvalue weighted by molar-refractivity contribution is 0.0827. The maximum Gasteiger partial charge on any atom is 0.253 e. The lowest BCUT2D eigenvalue weighted by atomic mass is 10.0. The van der Waals surface area contributed by atoms with Crippen LogP contribution in [0.3, 0.4) is 0 Å². The van der Waals surface area contributed by atoms with Crippen molar-refractivity contribution in [2.75, 3.05) is 63.3 Å². The first-order valence-electron chi connectivity index (χ1n) is 11.4. The summed E-state index contributed by atoms with van der Waals surface area (Å²) in [5.41, 5.74) is 9.27. The number of hydrogen-bond donors (Lipinski definition) is 2. The van der Waals surface area contributed by atoms with Crippen LogP contribution in [0.1, 0.15) is 16.8 Å². The summed E-state index contributed by atoms with van der Waals surface area (Å²) in [5, 5.41) is 3.39. The van der Waals surface area contributed by atoms with E-state index in [0.29, 0.717) is 28.2 Å². The van der Waals surface area contributed by atoms with Crippen molar-refractivity contribution in [3.8, 4) is 11.1 Å². The summed E-state index contributed by atoms with van der Waals surface area (Å²) < 4.78 is 15.5. The van der Waals surface area contributed by atoms with E-state index in [9.17, 15) is 4.79 Å². The van der Waals surface area contributed by atoms with Gasteiger partial charge in [0, 0.05) is 44.9 Å². The molecule has 4 rings (SSSR count). The molecular weight excluding hydrogens is 469 g/mol. The van der Waals surface area contributed by atoms with Gasteiger partial charge in [0.05, 0.1) is 11.4 Å². The number of likely N-dealkylation sites (N-methyl/N-ethyl adjacent to an activating group) is 1. The van der Waals surface area contributed by atoms with Gasteiger partial charge < -0.3 is 25.8 Å². The standard InChI is InChI=1S/C25H29ClFN7O/c1-32(2)25(35)17-7-5-16(6-8-17)18-13-20(31-24-22(28)23(26)29-15-30-24)21(14-19(18)27)34-10-4-9-33(3)11-12-34/h5-8,13-15H,4,9-12,28H2,1-3H3,(H,29,30,31). The number of nitrogen functional groups attached to an aromatic ring is 1. The van der Waals surface area contributed by atoms with E-state index in [1.165, 1.54) is 11.2 Å². The van der Waals surface area contributed by atoms with Gasteiger partial charge in [-0.2, -0.15) is 0 Å². The summed E-state index contributed by atoms with van der Waals surface area (Å²) in [4.78, 5) is 26.3. The van der Waals surface area contributed by atoms with E-state index in [4.69, 9.17) is 17.3 Å². The summed E-state index contributed by atoms with van der Waals surface area (Å²) in [6.07, 6.45) is 2.29. The van der Waals surface area contributed by atoms with Gasteiger partial charge in [0.1, 0.15) is 17.8 Å². The van der Waals surface area contributed by atoms with Crippen LogP contribution < -0.4 is 16.0 Å². The molecule has 0 atom stereocenters. The van der Waals surface area contributed by atoms with Crippen LogP contribution in [0.5, 0.6) is 0 Å². The van der Waals surface area contributed by atoms with E-state index in [1.54, 1.807) is 50.5 Å². The van der Waals surface area contributed by atoms with Crippen molar-refractivity contribution >= 4 is 40.4 Å². The number of carbonyl (C=O) groups is 1. The smallest absolute Gasteiger partial charge is 0.253 e. The molecule has 3 N–H and O–H groups in total. The van der Waals surface area contributed by atoms with Crippen molar-refractivity contribution in [1.82, 2.24) is 19.8 Å². The second-order valence-electron chi connectivity index (χ2n) is 8.82. The molecule has 1 fully saturated rings. The summed E-state index contributed by atoms with van der Waals surface area (Å²) in [7, 11) is 5.47. The molecule has 1 aliphatic heterocycles. The number of nitrogens with zero attached hydrogens (tertiary/aromatic N) is 5. The lowest BCUT2D eigenvalue weighted by Crippen LogP contribution is -2.29. The van der Waals surface area contributed by atoms with Crippen LogP contribution in [0.2, 0.25) is 5.15 Å². The van der Waals surface area contributed by atoms with Crippen molar-refractivity contribution in [2.45, 2.75) is 6.42 Å². The number of benzene rings is 2. The third kappa shape index (κ3) is 5.47. The summed E-state index contributed by atoms with van der Waals surface area (Å²) in [6.45, 7) is 3.39. The van der Waals surface area contributed by atoms with Gasteiger partial charge in [-0.1, -0.05) is 23.7 Å². The number of anilines is 4. The van der Waals surface area contributed by atoms with Crippen LogP contribution in [-0.4, -0.2) is 73.0 Å². The van der Waals surface area contributed by atoms with Crippen LogP contribution in [0, 0.1) is 5.82 Å². The van der Waals surface area contributed by atoms with Crippen molar-refractivity contribution in [1.29, 1.82) is 0 Å². The number of nitrogens with two attached hydrogens (primary N) is 1. The van der Waals surface area contributed by atoms with Gasteiger partial charge in [-0.3, -0.25) is 4.79 Å². The van der Waals surface area contributed by atoms with Gasteiger partial charge in [-0.05, 0) is 49.8 Å². The Labute approximate surface area is 209 Å². The summed E-state index contributed by atoms with van der Waals surface area (Å²) >= 11 is 6.10. The average molecular weight is 498 g/mol. The molecule has 0 unspecified atom stereocenters. The molecule has 0 aliphatic carbocycles. The topological polar surface area (TPSA) is 90.6 Å². The number of halogens is 2. The van der Waals surface area contributed by atoms with E-state index in [2.05, 4.69) is 32.1 Å². The van der Waals surface area contributed by atoms with E-state index in [1.807, 2.05) is 0 Å². The summed E-state index contributed by atoms with van der Waals surface area (Å²) in [5.74, 6) is -0.122. The third-order valence-corrected chi connectivity index (χ3v) is 6.38. The van der Waals surface area contributed by atoms with Crippen molar-refractivity contribution in [3.05, 3.63) is 59.3 Å². The number of rotatable bonds is 5. The number of hydrogen-bond acceptors (Lipinski definition) is 7. The predicted octanol–water partition coefficient (Wildman–Crippen LogP) is 4.11. The van der Waals surface area contributed by atoms with E-state index in [-0.39, 0.29) is 22.6 Å². The Kier molecular flexibility index (Phi) is 7.37. The quantitative estimate of drug-likeness (QED) is 0.513.